The van der Waals surface area contributed by atoms with Crippen LogP contribution in [0, 0.1) is 0 Å². The van der Waals surface area contributed by atoms with Crippen molar-refractivity contribution in [3.05, 3.63) is 35.5 Å². The molecule has 0 bridgehead atoms. The van der Waals surface area contributed by atoms with Crippen molar-refractivity contribution in [3.63, 3.8) is 0 Å². The lowest BCUT2D eigenvalue weighted by Gasteiger charge is -1.98. The lowest BCUT2D eigenvalue weighted by molar-refractivity contribution is -0.139. The average Bonchev–Trinajstić information content (AvgIpc) is 2.25. The Morgan fingerprint density at radius 1 is 0.778 bits per heavy atom. The van der Waals surface area contributed by atoms with Crippen molar-refractivity contribution in [2.24, 2.45) is 0 Å². The Labute approximate surface area is 108 Å². The molecule has 0 unspecified atom stereocenters. The van der Waals surface area contributed by atoms with Gasteiger partial charge in [-0.15, -0.1) is 0 Å². The summed E-state index contributed by atoms with van der Waals surface area (Å²) in [6.45, 7) is 8.04. The quantitative estimate of drug-likeness (QED) is 0.414. The third-order valence-corrected chi connectivity index (χ3v) is 1.79. The summed E-state index contributed by atoms with van der Waals surface area (Å²) in [5.41, 5.74) is 2.13. The first-order chi connectivity index (χ1) is 8.41. The highest BCUT2D eigenvalue weighted by atomic mass is 16.5. The van der Waals surface area contributed by atoms with E-state index in [-0.39, 0.29) is 13.2 Å². The van der Waals surface area contributed by atoms with E-state index in [1.807, 2.05) is 27.7 Å². The fourth-order valence-electron chi connectivity index (χ4n) is 0.813. The fraction of sp³-hybridized carbons (Fsp3) is 0.429. The summed E-state index contributed by atoms with van der Waals surface area (Å²) < 4.78 is 9.65. The van der Waals surface area contributed by atoms with E-state index < -0.39 is 11.9 Å². The van der Waals surface area contributed by atoms with E-state index in [2.05, 4.69) is 0 Å². The number of carbonyl (C=O) groups is 2. The van der Waals surface area contributed by atoms with Crippen molar-refractivity contribution in [2.75, 3.05) is 13.2 Å². The molecule has 0 heterocycles. The second-order valence-electron chi connectivity index (χ2n) is 4.16. The van der Waals surface area contributed by atoms with Crippen LogP contribution in [0.1, 0.15) is 27.7 Å². The predicted molar refractivity (Wildman–Crippen MR) is 69.9 cm³/mol. The molecule has 0 aromatic carbocycles. The van der Waals surface area contributed by atoms with Gasteiger partial charge in [0.15, 0.2) is 0 Å². The van der Waals surface area contributed by atoms with Crippen LogP contribution in [-0.4, -0.2) is 25.2 Å². The van der Waals surface area contributed by atoms with Crippen LogP contribution >= 0.6 is 0 Å². The second kappa shape index (κ2) is 9.22. The van der Waals surface area contributed by atoms with Gasteiger partial charge in [-0.3, -0.25) is 0 Å². The normalized spacial score (nSPS) is 9.78. The summed E-state index contributed by atoms with van der Waals surface area (Å²) in [5, 5.41) is 0. The first-order valence-corrected chi connectivity index (χ1v) is 5.70. The summed E-state index contributed by atoms with van der Waals surface area (Å²) in [6.07, 6.45) is 5.67. The van der Waals surface area contributed by atoms with Gasteiger partial charge in [-0.05, 0) is 39.8 Å². The second-order valence-corrected chi connectivity index (χ2v) is 4.16. The van der Waals surface area contributed by atoms with Crippen LogP contribution in [0.25, 0.3) is 0 Å². The summed E-state index contributed by atoms with van der Waals surface area (Å²) in [5.74, 6) is -1.13. The molecule has 0 aliphatic carbocycles. The molecule has 0 atom stereocenters. The van der Waals surface area contributed by atoms with E-state index in [1.165, 1.54) is 0 Å². The van der Waals surface area contributed by atoms with Crippen molar-refractivity contribution in [1.82, 2.24) is 0 Å². The molecule has 0 rings (SSSR count). The van der Waals surface area contributed by atoms with Crippen molar-refractivity contribution >= 4 is 11.9 Å². The highest BCUT2D eigenvalue weighted by molar-refractivity contribution is 5.91. The zero-order valence-corrected chi connectivity index (χ0v) is 11.4. The van der Waals surface area contributed by atoms with Gasteiger partial charge in [-0.1, -0.05) is 11.1 Å². The highest BCUT2D eigenvalue weighted by Crippen LogP contribution is 1.92. The van der Waals surface area contributed by atoms with Crippen molar-refractivity contribution in [2.45, 2.75) is 27.7 Å². The lowest BCUT2D eigenvalue weighted by Crippen LogP contribution is -2.04. The van der Waals surface area contributed by atoms with E-state index in [4.69, 9.17) is 9.47 Å². The zero-order valence-electron chi connectivity index (χ0n) is 11.4. The molecular weight excluding hydrogens is 232 g/mol. The molecule has 0 saturated carbocycles. The molecule has 18 heavy (non-hydrogen) atoms. The van der Waals surface area contributed by atoms with Crippen molar-refractivity contribution < 1.29 is 19.1 Å². The van der Waals surface area contributed by atoms with Gasteiger partial charge in [-0.2, -0.15) is 0 Å². The summed E-state index contributed by atoms with van der Waals surface area (Å²) in [4.78, 5) is 22.3. The number of hydrogen-bond acceptors (Lipinski definition) is 4. The molecule has 0 fully saturated rings. The SMILES string of the molecule is CC(C)=CCOC(=O)/C=C\C(=O)OCC=C(C)C. The minimum absolute atomic E-state index is 0.207. The first-order valence-electron chi connectivity index (χ1n) is 5.70. The van der Waals surface area contributed by atoms with Crippen LogP contribution in [0.5, 0.6) is 0 Å². The largest absolute Gasteiger partial charge is 0.458 e. The van der Waals surface area contributed by atoms with Gasteiger partial charge in [0.25, 0.3) is 0 Å². The Morgan fingerprint density at radius 3 is 1.39 bits per heavy atom. The van der Waals surface area contributed by atoms with Crippen LogP contribution in [0.15, 0.2) is 35.5 Å². The molecule has 100 valence electrons. The number of ether oxygens (including phenoxy) is 2. The Morgan fingerprint density at radius 2 is 1.11 bits per heavy atom. The maximum Gasteiger partial charge on any atom is 0.331 e. The van der Waals surface area contributed by atoms with E-state index in [9.17, 15) is 9.59 Å². The maximum absolute atomic E-state index is 11.2. The topological polar surface area (TPSA) is 52.6 Å². The van der Waals surface area contributed by atoms with Gasteiger partial charge in [0.1, 0.15) is 13.2 Å². The number of hydrogen-bond donors (Lipinski definition) is 0. The van der Waals surface area contributed by atoms with Crippen LogP contribution < -0.4 is 0 Å². The van der Waals surface area contributed by atoms with Gasteiger partial charge in [0, 0.05) is 12.2 Å². The Hall–Kier alpha value is -1.84. The predicted octanol–water partition coefficient (Wildman–Crippen LogP) is 2.56. The molecule has 0 aromatic rings. The molecule has 0 saturated heterocycles. The number of allylic oxidation sites excluding steroid dienone is 2. The van der Waals surface area contributed by atoms with Crippen molar-refractivity contribution in [1.29, 1.82) is 0 Å². The van der Waals surface area contributed by atoms with E-state index in [0.717, 1.165) is 23.3 Å². The smallest absolute Gasteiger partial charge is 0.331 e. The van der Waals surface area contributed by atoms with Crippen LogP contribution in [0.2, 0.25) is 0 Å². The van der Waals surface area contributed by atoms with Gasteiger partial charge < -0.3 is 9.47 Å². The molecule has 0 N–H and O–H groups in total. The Kier molecular flexibility index (Phi) is 8.27. The third kappa shape index (κ3) is 10.7. The molecule has 0 aliphatic rings. The lowest BCUT2D eigenvalue weighted by atomic mass is 10.3. The molecule has 0 spiro atoms. The van der Waals surface area contributed by atoms with E-state index in [1.54, 1.807) is 12.2 Å². The molecule has 4 nitrogen and oxygen atoms in total. The molecule has 0 aromatic heterocycles. The Bertz CT molecular complexity index is 331. The molecule has 4 heteroatoms. The highest BCUT2D eigenvalue weighted by Gasteiger charge is 1.99. The van der Waals surface area contributed by atoms with Gasteiger partial charge in [-0.25, -0.2) is 9.59 Å². The molecule has 0 amide bonds. The summed E-state index contributed by atoms with van der Waals surface area (Å²) in [6, 6.07) is 0. The zero-order chi connectivity index (χ0) is 14.0. The monoisotopic (exact) mass is 252 g/mol. The minimum atomic E-state index is -0.563. The molecule has 0 radical (unpaired) electrons. The summed E-state index contributed by atoms with van der Waals surface area (Å²) >= 11 is 0. The fourth-order valence-corrected chi connectivity index (χ4v) is 0.813. The first kappa shape index (κ1) is 16.2. The number of carbonyl (C=O) groups excluding carboxylic acids is 2. The van der Waals surface area contributed by atoms with Gasteiger partial charge in [0.2, 0.25) is 0 Å². The third-order valence-electron chi connectivity index (χ3n) is 1.79. The van der Waals surface area contributed by atoms with Gasteiger partial charge in [0.05, 0.1) is 0 Å². The van der Waals surface area contributed by atoms with E-state index in [0.29, 0.717) is 0 Å². The molecular formula is C14H20O4. The maximum atomic E-state index is 11.2. The van der Waals surface area contributed by atoms with Crippen LogP contribution in [0.4, 0.5) is 0 Å². The standard InChI is InChI=1S/C14H20O4/c1-11(2)7-9-17-13(15)5-6-14(16)18-10-8-12(3)4/h5-8H,9-10H2,1-4H3/b6-5-. The Balaban J connectivity index is 3.92. The molecule has 0 aliphatic heterocycles. The average molecular weight is 252 g/mol. The number of rotatable bonds is 6. The van der Waals surface area contributed by atoms with Crippen LogP contribution in [-0.2, 0) is 19.1 Å². The van der Waals surface area contributed by atoms with E-state index >= 15 is 0 Å². The minimum Gasteiger partial charge on any atom is -0.458 e. The van der Waals surface area contributed by atoms with Gasteiger partial charge >= 0.3 is 11.9 Å². The number of esters is 2. The summed E-state index contributed by atoms with van der Waals surface area (Å²) in [7, 11) is 0. The van der Waals surface area contributed by atoms with Crippen LogP contribution in [0.3, 0.4) is 0 Å². The van der Waals surface area contributed by atoms with Crippen molar-refractivity contribution in [3.8, 4) is 0 Å².